The van der Waals surface area contributed by atoms with Gasteiger partial charge in [-0.25, -0.2) is 4.39 Å². The molecular weight excluding hydrogens is 324 g/mol. The van der Waals surface area contributed by atoms with Crippen molar-refractivity contribution in [3.05, 3.63) is 27.6 Å². The summed E-state index contributed by atoms with van der Waals surface area (Å²) >= 11 is 2.05. The number of hydrogen-bond donors (Lipinski definition) is 3. The number of benzene rings is 1. The fourth-order valence-corrected chi connectivity index (χ4v) is 1.91. The van der Waals surface area contributed by atoms with Gasteiger partial charge in [0, 0.05) is 21.7 Å². The Morgan fingerprint density at radius 2 is 2.38 bits per heavy atom. The summed E-state index contributed by atoms with van der Waals surface area (Å²) < 4.78 is 13.6. The van der Waals surface area contributed by atoms with Gasteiger partial charge in [0.15, 0.2) is 0 Å². The summed E-state index contributed by atoms with van der Waals surface area (Å²) in [5.74, 6) is -0.101. The van der Waals surface area contributed by atoms with Crippen LogP contribution in [0.25, 0.3) is 0 Å². The summed E-state index contributed by atoms with van der Waals surface area (Å²) in [5, 5.41) is 14.5. The van der Waals surface area contributed by atoms with E-state index in [1.54, 1.807) is 6.07 Å². The van der Waals surface area contributed by atoms with E-state index in [9.17, 15) is 4.39 Å². The molecule has 0 fully saturated rings. The van der Waals surface area contributed by atoms with Gasteiger partial charge in [-0.3, -0.25) is 0 Å². The highest BCUT2D eigenvalue weighted by Crippen LogP contribution is 2.20. The molecule has 0 heterocycles. The predicted octanol–water partition coefficient (Wildman–Crippen LogP) is 2.37. The highest BCUT2D eigenvalue weighted by Gasteiger charge is 2.07. The lowest BCUT2D eigenvalue weighted by Gasteiger charge is -2.15. The molecule has 0 bridgehead atoms. The minimum atomic E-state index is -0.265. The van der Waals surface area contributed by atoms with Crippen molar-refractivity contribution >= 4 is 34.1 Å². The van der Waals surface area contributed by atoms with Crippen LogP contribution in [-0.4, -0.2) is 17.1 Å². The summed E-state index contributed by atoms with van der Waals surface area (Å²) in [7, 11) is 0. The molecule has 1 rings (SSSR count). The normalized spacial score (nSPS) is 13.6. The lowest BCUT2D eigenvalue weighted by molar-refractivity contribution is 0.316. The Morgan fingerprint density at radius 3 is 2.94 bits per heavy atom. The number of amidine groups is 1. The van der Waals surface area contributed by atoms with Crippen LogP contribution in [0.5, 0.6) is 0 Å². The molecule has 1 atom stereocenters. The number of hydrogen-bond acceptors (Lipinski definition) is 3. The van der Waals surface area contributed by atoms with E-state index in [4.69, 9.17) is 10.9 Å². The van der Waals surface area contributed by atoms with Gasteiger partial charge in [-0.05, 0) is 47.7 Å². The average molecular weight is 337 g/mol. The van der Waals surface area contributed by atoms with E-state index in [1.165, 1.54) is 12.1 Å². The summed E-state index contributed by atoms with van der Waals surface area (Å²) in [6.45, 7) is 1.90. The van der Waals surface area contributed by atoms with E-state index in [-0.39, 0.29) is 17.7 Å². The molecule has 0 saturated heterocycles. The van der Waals surface area contributed by atoms with Crippen LogP contribution in [0.1, 0.15) is 13.3 Å². The molecule has 1 unspecified atom stereocenters. The second-order valence-corrected chi connectivity index (χ2v) is 4.63. The number of oxime groups is 1. The van der Waals surface area contributed by atoms with Gasteiger partial charge in [-0.1, -0.05) is 5.16 Å². The summed E-state index contributed by atoms with van der Waals surface area (Å²) in [6, 6.07) is 4.51. The summed E-state index contributed by atoms with van der Waals surface area (Å²) in [5.41, 5.74) is 6.22. The number of nitrogens with zero attached hydrogens (tertiary/aromatic N) is 1. The Hall–Kier alpha value is -1.05. The first-order valence-corrected chi connectivity index (χ1v) is 5.78. The van der Waals surface area contributed by atoms with Crippen molar-refractivity contribution in [1.82, 2.24) is 0 Å². The van der Waals surface area contributed by atoms with Crippen LogP contribution in [0.4, 0.5) is 10.1 Å². The van der Waals surface area contributed by atoms with E-state index in [0.717, 1.165) is 9.26 Å². The lowest BCUT2D eigenvalue weighted by Crippen LogP contribution is -2.24. The van der Waals surface area contributed by atoms with Crippen LogP contribution < -0.4 is 11.1 Å². The van der Waals surface area contributed by atoms with Gasteiger partial charge < -0.3 is 16.3 Å². The van der Waals surface area contributed by atoms with E-state index in [1.807, 2.05) is 29.5 Å². The minimum Gasteiger partial charge on any atom is -0.409 e. The molecule has 1 aromatic carbocycles. The van der Waals surface area contributed by atoms with E-state index < -0.39 is 0 Å². The fraction of sp³-hybridized carbons (Fsp3) is 0.300. The maximum atomic E-state index is 12.8. The third kappa shape index (κ3) is 3.84. The second kappa shape index (κ2) is 5.88. The zero-order chi connectivity index (χ0) is 12.1. The molecular formula is C10H13FIN3O. The van der Waals surface area contributed by atoms with Gasteiger partial charge >= 0.3 is 0 Å². The smallest absolute Gasteiger partial charge is 0.141 e. The molecule has 0 aliphatic carbocycles. The molecule has 88 valence electrons. The fourth-order valence-electron chi connectivity index (χ4n) is 1.28. The van der Waals surface area contributed by atoms with Gasteiger partial charge in [0.2, 0.25) is 0 Å². The molecule has 16 heavy (non-hydrogen) atoms. The third-order valence-electron chi connectivity index (χ3n) is 1.98. The summed E-state index contributed by atoms with van der Waals surface area (Å²) in [6.07, 6.45) is 0.421. The Kier molecular flexibility index (Phi) is 4.78. The molecule has 6 heteroatoms. The number of rotatable bonds is 4. The van der Waals surface area contributed by atoms with E-state index in [2.05, 4.69) is 10.5 Å². The van der Waals surface area contributed by atoms with Crippen LogP contribution >= 0.6 is 22.6 Å². The van der Waals surface area contributed by atoms with Gasteiger partial charge in [0.05, 0.1) is 0 Å². The largest absolute Gasteiger partial charge is 0.409 e. The van der Waals surface area contributed by atoms with Crippen molar-refractivity contribution in [3.8, 4) is 0 Å². The first kappa shape index (κ1) is 13.0. The minimum absolute atomic E-state index is 0.00915. The molecule has 0 saturated carbocycles. The third-order valence-corrected chi connectivity index (χ3v) is 2.87. The predicted molar refractivity (Wildman–Crippen MR) is 70.2 cm³/mol. The van der Waals surface area contributed by atoms with Crippen molar-refractivity contribution in [2.24, 2.45) is 10.9 Å². The SMILES string of the molecule is CC(CC(N)=NO)Nc1ccc(F)cc1I. The number of nitrogens with two attached hydrogens (primary N) is 1. The zero-order valence-corrected chi connectivity index (χ0v) is 10.9. The molecule has 4 nitrogen and oxygen atoms in total. The quantitative estimate of drug-likeness (QED) is 0.260. The van der Waals surface area contributed by atoms with Crippen LogP contribution in [0.3, 0.4) is 0 Å². The zero-order valence-electron chi connectivity index (χ0n) is 8.74. The van der Waals surface area contributed by atoms with E-state index >= 15 is 0 Å². The highest BCUT2D eigenvalue weighted by atomic mass is 127. The standard InChI is InChI=1S/C10H13FIN3O/c1-6(4-10(13)15-16)14-9-3-2-7(11)5-8(9)12/h2-3,5-6,14,16H,4H2,1H3,(H2,13,15). The van der Waals surface area contributed by atoms with E-state index in [0.29, 0.717) is 6.42 Å². The Balaban J connectivity index is 2.66. The number of halogens is 2. The van der Waals surface area contributed by atoms with Crippen molar-refractivity contribution in [2.75, 3.05) is 5.32 Å². The van der Waals surface area contributed by atoms with Gasteiger partial charge in [0.1, 0.15) is 11.7 Å². The molecule has 0 aliphatic heterocycles. The van der Waals surface area contributed by atoms with Crippen LogP contribution in [0.2, 0.25) is 0 Å². The summed E-state index contributed by atoms with van der Waals surface area (Å²) in [4.78, 5) is 0. The van der Waals surface area contributed by atoms with Crippen molar-refractivity contribution in [1.29, 1.82) is 0 Å². The topological polar surface area (TPSA) is 70.6 Å². The molecule has 0 aliphatic rings. The van der Waals surface area contributed by atoms with Crippen molar-refractivity contribution < 1.29 is 9.60 Å². The Labute approximate surface area is 107 Å². The monoisotopic (exact) mass is 337 g/mol. The van der Waals surface area contributed by atoms with Crippen molar-refractivity contribution in [3.63, 3.8) is 0 Å². The highest BCUT2D eigenvalue weighted by molar-refractivity contribution is 14.1. The molecule has 0 spiro atoms. The molecule has 4 N–H and O–H groups in total. The second-order valence-electron chi connectivity index (χ2n) is 3.47. The molecule has 0 amide bonds. The Bertz CT molecular complexity index is 398. The first-order chi connectivity index (χ1) is 7.52. The molecule has 0 aromatic heterocycles. The van der Waals surface area contributed by atoms with Gasteiger partial charge in [0.25, 0.3) is 0 Å². The average Bonchev–Trinajstić information content (AvgIpc) is 2.22. The Morgan fingerprint density at radius 1 is 1.69 bits per heavy atom. The maximum Gasteiger partial charge on any atom is 0.141 e. The molecule has 0 radical (unpaired) electrons. The number of nitrogens with one attached hydrogen (secondary N) is 1. The molecule has 1 aromatic rings. The van der Waals surface area contributed by atoms with Gasteiger partial charge in [-0.2, -0.15) is 0 Å². The van der Waals surface area contributed by atoms with Gasteiger partial charge in [-0.15, -0.1) is 0 Å². The first-order valence-electron chi connectivity index (χ1n) is 4.71. The lowest BCUT2D eigenvalue weighted by atomic mass is 10.2. The van der Waals surface area contributed by atoms with Crippen LogP contribution in [0, 0.1) is 9.39 Å². The van der Waals surface area contributed by atoms with Crippen molar-refractivity contribution in [2.45, 2.75) is 19.4 Å². The number of anilines is 1. The van der Waals surface area contributed by atoms with Crippen LogP contribution in [0.15, 0.2) is 23.4 Å². The van der Waals surface area contributed by atoms with Crippen LogP contribution in [-0.2, 0) is 0 Å². The maximum absolute atomic E-state index is 12.8.